The van der Waals surface area contributed by atoms with Gasteiger partial charge in [-0.3, -0.25) is 9.59 Å². The Hall–Kier alpha value is -2.30. The number of rotatable bonds is 4. The first-order valence-corrected chi connectivity index (χ1v) is 10.1. The number of likely N-dealkylation sites (tertiary alicyclic amines) is 1. The van der Waals surface area contributed by atoms with Crippen LogP contribution in [0.25, 0.3) is 10.9 Å². The predicted octanol–water partition coefficient (Wildman–Crippen LogP) is 3.68. The second-order valence-corrected chi connectivity index (χ2v) is 7.88. The summed E-state index contributed by atoms with van der Waals surface area (Å²) in [5, 5.41) is 1.20. The van der Waals surface area contributed by atoms with Crippen LogP contribution in [0.5, 0.6) is 0 Å². The number of ether oxygens (including phenoxy) is 1. The van der Waals surface area contributed by atoms with Crippen LogP contribution >= 0.6 is 0 Å². The minimum absolute atomic E-state index is 0.0435. The molecule has 4 rings (SSSR count). The predicted molar refractivity (Wildman–Crippen MR) is 104 cm³/mol. The topological polar surface area (TPSA) is 62.4 Å². The molecule has 5 nitrogen and oxygen atoms in total. The maximum absolute atomic E-state index is 13.0. The summed E-state index contributed by atoms with van der Waals surface area (Å²) in [6.07, 6.45) is 8.34. The smallest absolute Gasteiger partial charge is 0.309 e. The van der Waals surface area contributed by atoms with E-state index >= 15 is 0 Å². The first-order chi connectivity index (χ1) is 13.2. The van der Waals surface area contributed by atoms with Crippen molar-refractivity contribution in [2.24, 2.45) is 11.8 Å². The van der Waals surface area contributed by atoms with Crippen molar-refractivity contribution < 1.29 is 14.3 Å². The lowest BCUT2D eigenvalue weighted by Crippen LogP contribution is -2.54. The van der Waals surface area contributed by atoms with Gasteiger partial charge in [0.1, 0.15) is 0 Å². The molecule has 2 aliphatic rings. The van der Waals surface area contributed by atoms with Crippen LogP contribution in [0.3, 0.4) is 0 Å². The summed E-state index contributed by atoms with van der Waals surface area (Å²) in [4.78, 5) is 30.6. The number of nitrogens with one attached hydrogen (secondary N) is 1. The second kappa shape index (κ2) is 7.75. The third-order valence-corrected chi connectivity index (χ3v) is 6.49. The lowest BCUT2D eigenvalue weighted by Gasteiger charge is -2.47. The van der Waals surface area contributed by atoms with Gasteiger partial charge in [-0.15, -0.1) is 0 Å². The van der Waals surface area contributed by atoms with E-state index < -0.39 is 0 Å². The van der Waals surface area contributed by atoms with Gasteiger partial charge in [-0.2, -0.15) is 0 Å². The Balaban J connectivity index is 1.44. The highest BCUT2D eigenvalue weighted by Crippen LogP contribution is 2.40. The fourth-order valence-corrected chi connectivity index (χ4v) is 5.13. The van der Waals surface area contributed by atoms with Gasteiger partial charge in [-0.25, -0.2) is 0 Å². The van der Waals surface area contributed by atoms with E-state index in [4.69, 9.17) is 4.74 Å². The Kier molecular flexibility index (Phi) is 5.19. The van der Waals surface area contributed by atoms with Crippen LogP contribution in [0.4, 0.5) is 0 Å². The van der Waals surface area contributed by atoms with Crippen molar-refractivity contribution >= 4 is 22.8 Å². The van der Waals surface area contributed by atoms with E-state index in [1.807, 2.05) is 18.3 Å². The SMILES string of the molecule is COC(=O)C1CCN(C(=O)CCc2c[nH]c3ccccc23)C2CCCCC12. The maximum atomic E-state index is 13.0. The minimum Gasteiger partial charge on any atom is -0.469 e. The molecule has 27 heavy (non-hydrogen) atoms. The summed E-state index contributed by atoms with van der Waals surface area (Å²) in [6.45, 7) is 0.674. The summed E-state index contributed by atoms with van der Waals surface area (Å²) in [6, 6.07) is 8.41. The molecule has 1 aromatic heterocycles. The number of methoxy groups -OCH3 is 1. The Labute approximate surface area is 160 Å². The molecular formula is C22H28N2O3. The van der Waals surface area contributed by atoms with Gasteiger partial charge in [-0.1, -0.05) is 31.0 Å². The number of aromatic nitrogens is 1. The number of aromatic amines is 1. The summed E-state index contributed by atoms with van der Waals surface area (Å²) < 4.78 is 5.03. The van der Waals surface area contributed by atoms with Crippen LogP contribution in [0.1, 0.15) is 44.1 Å². The number of piperidine rings is 1. The van der Waals surface area contributed by atoms with E-state index in [1.165, 1.54) is 18.1 Å². The van der Waals surface area contributed by atoms with Gasteiger partial charge >= 0.3 is 5.97 Å². The molecule has 1 amide bonds. The van der Waals surface area contributed by atoms with Crippen molar-refractivity contribution in [1.82, 2.24) is 9.88 Å². The number of nitrogens with zero attached hydrogens (tertiary/aromatic N) is 1. The van der Waals surface area contributed by atoms with E-state index in [0.29, 0.717) is 13.0 Å². The molecule has 0 bridgehead atoms. The average molecular weight is 368 g/mol. The number of benzene rings is 1. The molecule has 1 aromatic carbocycles. The van der Waals surface area contributed by atoms with Crippen molar-refractivity contribution in [3.63, 3.8) is 0 Å². The number of aryl methyl sites for hydroxylation is 1. The van der Waals surface area contributed by atoms with Gasteiger partial charge in [0.15, 0.2) is 0 Å². The van der Waals surface area contributed by atoms with E-state index in [9.17, 15) is 9.59 Å². The van der Waals surface area contributed by atoms with Crippen molar-refractivity contribution in [1.29, 1.82) is 0 Å². The molecule has 1 saturated carbocycles. The number of esters is 1. The number of hydrogen-bond donors (Lipinski definition) is 1. The quantitative estimate of drug-likeness (QED) is 0.838. The molecule has 3 unspecified atom stereocenters. The van der Waals surface area contributed by atoms with Crippen molar-refractivity contribution in [3.05, 3.63) is 36.0 Å². The number of carbonyl (C=O) groups is 2. The summed E-state index contributed by atoms with van der Waals surface area (Å²) >= 11 is 0. The average Bonchev–Trinajstić information content (AvgIpc) is 3.13. The van der Waals surface area contributed by atoms with Gasteiger partial charge in [0.2, 0.25) is 5.91 Å². The van der Waals surface area contributed by atoms with E-state index in [-0.39, 0.29) is 29.8 Å². The molecule has 5 heteroatoms. The molecule has 144 valence electrons. The van der Waals surface area contributed by atoms with Gasteiger partial charge < -0.3 is 14.6 Å². The van der Waals surface area contributed by atoms with Crippen LogP contribution < -0.4 is 0 Å². The first-order valence-electron chi connectivity index (χ1n) is 10.1. The van der Waals surface area contributed by atoms with Crippen molar-refractivity contribution in [3.8, 4) is 0 Å². The Bertz CT molecular complexity index is 828. The second-order valence-electron chi connectivity index (χ2n) is 7.88. The van der Waals surface area contributed by atoms with Gasteiger partial charge in [0, 0.05) is 36.1 Å². The van der Waals surface area contributed by atoms with Crippen molar-refractivity contribution in [2.75, 3.05) is 13.7 Å². The molecule has 0 spiro atoms. The summed E-state index contributed by atoms with van der Waals surface area (Å²) in [5.74, 6) is 0.341. The number of hydrogen-bond acceptors (Lipinski definition) is 3. The van der Waals surface area contributed by atoms with Crippen LogP contribution in [-0.2, 0) is 20.7 Å². The molecule has 1 N–H and O–H groups in total. The van der Waals surface area contributed by atoms with Crippen LogP contribution in [-0.4, -0.2) is 41.5 Å². The van der Waals surface area contributed by atoms with Gasteiger partial charge in [0.05, 0.1) is 13.0 Å². The standard InChI is InChI=1S/C22H28N2O3/c1-27-22(26)18-12-13-24(20-9-5-3-7-17(18)20)21(25)11-10-15-14-23-19-8-4-2-6-16(15)19/h2,4,6,8,14,17-18,20,23H,3,5,7,9-13H2,1H3. The molecule has 3 atom stereocenters. The zero-order chi connectivity index (χ0) is 18.8. The maximum Gasteiger partial charge on any atom is 0.309 e. The fourth-order valence-electron chi connectivity index (χ4n) is 5.13. The molecule has 1 saturated heterocycles. The molecule has 1 aliphatic heterocycles. The number of H-pyrrole nitrogens is 1. The largest absolute Gasteiger partial charge is 0.469 e. The third kappa shape index (κ3) is 3.47. The van der Waals surface area contributed by atoms with E-state index in [0.717, 1.165) is 44.0 Å². The third-order valence-electron chi connectivity index (χ3n) is 6.49. The van der Waals surface area contributed by atoms with Gasteiger partial charge in [0.25, 0.3) is 0 Å². The van der Waals surface area contributed by atoms with Gasteiger partial charge in [-0.05, 0) is 43.2 Å². The fraction of sp³-hybridized carbons (Fsp3) is 0.545. The summed E-state index contributed by atoms with van der Waals surface area (Å²) in [5.41, 5.74) is 2.31. The normalized spacial score (nSPS) is 25.2. The molecule has 1 aliphatic carbocycles. The Morgan fingerprint density at radius 3 is 2.85 bits per heavy atom. The van der Waals surface area contributed by atoms with E-state index in [1.54, 1.807) is 0 Å². The lowest BCUT2D eigenvalue weighted by atomic mass is 9.71. The molecule has 2 aromatic rings. The van der Waals surface area contributed by atoms with E-state index in [2.05, 4.69) is 22.0 Å². The Morgan fingerprint density at radius 1 is 1.19 bits per heavy atom. The number of para-hydroxylation sites is 1. The molecule has 0 radical (unpaired) electrons. The lowest BCUT2D eigenvalue weighted by molar-refractivity contribution is -0.156. The summed E-state index contributed by atoms with van der Waals surface area (Å²) in [7, 11) is 1.47. The van der Waals surface area contributed by atoms with Crippen LogP contribution in [0.2, 0.25) is 0 Å². The Morgan fingerprint density at radius 2 is 2.00 bits per heavy atom. The molecule has 2 fully saturated rings. The number of fused-ring (bicyclic) bond motifs is 2. The van der Waals surface area contributed by atoms with Crippen LogP contribution in [0.15, 0.2) is 30.5 Å². The molecular weight excluding hydrogens is 340 g/mol. The monoisotopic (exact) mass is 368 g/mol. The molecule has 2 heterocycles. The number of amides is 1. The highest BCUT2D eigenvalue weighted by Gasteiger charge is 2.44. The highest BCUT2D eigenvalue weighted by molar-refractivity contribution is 5.84. The highest BCUT2D eigenvalue weighted by atomic mass is 16.5. The van der Waals surface area contributed by atoms with Crippen LogP contribution in [0, 0.1) is 11.8 Å². The van der Waals surface area contributed by atoms with Crippen molar-refractivity contribution in [2.45, 2.75) is 51.0 Å². The first kappa shape index (κ1) is 18.1. The zero-order valence-corrected chi connectivity index (χ0v) is 15.9. The zero-order valence-electron chi connectivity index (χ0n) is 15.9. The number of carbonyl (C=O) groups excluding carboxylic acids is 2. The minimum atomic E-state index is -0.0993.